The average molecular weight is 347 g/mol. The van der Waals surface area contributed by atoms with E-state index in [1.165, 1.54) is 6.21 Å². The van der Waals surface area contributed by atoms with E-state index in [2.05, 4.69) is 10.5 Å². The smallest absolute Gasteiger partial charge is 0.271 e. The van der Waals surface area contributed by atoms with E-state index in [9.17, 15) is 4.79 Å². The number of ether oxygens (including phenoxy) is 2. The molecule has 0 aliphatic heterocycles. The van der Waals surface area contributed by atoms with Gasteiger partial charge in [0.2, 0.25) is 0 Å². The topological polar surface area (TPSA) is 59.9 Å². The summed E-state index contributed by atoms with van der Waals surface area (Å²) in [6, 6.07) is 12.0. The Bertz CT molecular complexity index is 728. The molecule has 6 heteroatoms. The molecule has 0 aliphatic rings. The number of hydrogen-bond donors (Lipinski definition) is 1. The second-order valence-electron chi connectivity index (χ2n) is 5.28. The predicted molar refractivity (Wildman–Crippen MR) is 95.3 cm³/mol. The van der Waals surface area contributed by atoms with Crippen molar-refractivity contribution < 1.29 is 14.3 Å². The minimum absolute atomic E-state index is 0.0529. The van der Waals surface area contributed by atoms with E-state index < -0.39 is 0 Å². The monoisotopic (exact) mass is 346 g/mol. The fraction of sp³-hybridized carbons (Fsp3) is 0.222. The maximum atomic E-state index is 11.9. The van der Waals surface area contributed by atoms with Crippen molar-refractivity contribution in [1.29, 1.82) is 0 Å². The molecular weight excluding hydrogens is 328 g/mol. The molecule has 0 atom stereocenters. The molecule has 0 heterocycles. The molecule has 2 aromatic rings. The first-order chi connectivity index (χ1) is 11.5. The molecule has 1 amide bonds. The highest BCUT2D eigenvalue weighted by Gasteiger charge is 2.07. The summed E-state index contributed by atoms with van der Waals surface area (Å²) in [6.45, 7) is 3.89. The zero-order valence-corrected chi connectivity index (χ0v) is 14.5. The summed E-state index contributed by atoms with van der Waals surface area (Å²) in [5.41, 5.74) is 3.73. The van der Waals surface area contributed by atoms with Gasteiger partial charge in [-0.2, -0.15) is 5.10 Å². The van der Waals surface area contributed by atoms with Crippen molar-refractivity contribution in [3.63, 3.8) is 0 Å². The maximum Gasteiger partial charge on any atom is 0.271 e. The SMILES string of the molecule is COc1cc(/C=N\NC(=O)c2ccc(Cl)cc2)ccc1OC(C)C. The van der Waals surface area contributed by atoms with Gasteiger partial charge in [-0.3, -0.25) is 4.79 Å². The molecule has 1 N–H and O–H groups in total. The summed E-state index contributed by atoms with van der Waals surface area (Å²) in [4.78, 5) is 11.9. The minimum atomic E-state index is -0.311. The number of halogens is 1. The summed E-state index contributed by atoms with van der Waals surface area (Å²) in [5, 5.41) is 4.53. The van der Waals surface area contributed by atoms with Gasteiger partial charge in [0.1, 0.15) is 0 Å². The van der Waals surface area contributed by atoms with Crippen LogP contribution >= 0.6 is 11.6 Å². The lowest BCUT2D eigenvalue weighted by Gasteiger charge is -2.13. The number of methoxy groups -OCH3 is 1. The number of amides is 1. The fourth-order valence-electron chi connectivity index (χ4n) is 1.95. The molecule has 2 rings (SSSR count). The van der Waals surface area contributed by atoms with Crippen LogP contribution in [-0.4, -0.2) is 25.3 Å². The molecule has 0 radical (unpaired) electrons. The average Bonchev–Trinajstić information content (AvgIpc) is 2.56. The van der Waals surface area contributed by atoms with Crippen LogP contribution in [0.25, 0.3) is 0 Å². The third-order valence-electron chi connectivity index (χ3n) is 3.04. The van der Waals surface area contributed by atoms with E-state index in [0.29, 0.717) is 22.1 Å². The number of rotatable bonds is 6. The Kier molecular flexibility index (Phi) is 6.21. The molecule has 0 aromatic heterocycles. The van der Waals surface area contributed by atoms with Crippen LogP contribution in [0.15, 0.2) is 47.6 Å². The number of carbonyl (C=O) groups is 1. The van der Waals surface area contributed by atoms with Crippen molar-refractivity contribution in [2.75, 3.05) is 7.11 Å². The first-order valence-electron chi connectivity index (χ1n) is 7.43. The Morgan fingerprint density at radius 2 is 1.88 bits per heavy atom. The van der Waals surface area contributed by atoms with Crippen LogP contribution in [-0.2, 0) is 0 Å². The number of benzene rings is 2. The normalized spacial score (nSPS) is 10.9. The molecule has 0 saturated heterocycles. The Morgan fingerprint density at radius 3 is 2.50 bits per heavy atom. The summed E-state index contributed by atoms with van der Waals surface area (Å²) < 4.78 is 11.0. The Morgan fingerprint density at radius 1 is 1.17 bits per heavy atom. The van der Waals surface area contributed by atoms with E-state index in [1.54, 1.807) is 43.5 Å². The summed E-state index contributed by atoms with van der Waals surface area (Å²) in [5.74, 6) is 0.959. The van der Waals surface area contributed by atoms with Crippen LogP contribution in [0.2, 0.25) is 5.02 Å². The second kappa shape index (κ2) is 8.36. The van der Waals surface area contributed by atoms with Gasteiger partial charge in [0.05, 0.1) is 19.4 Å². The third kappa shape index (κ3) is 4.99. The van der Waals surface area contributed by atoms with Crippen molar-refractivity contribution in [2.24, 2.45) is 5.10 Å². The van der Waals surface area contributed by atoms with E-state index >= 15 is 0 Å². The van der Waals surface area contributed by atoms with Gasteiger partial charge in [0.15, 0.2) is 11.5 Å². The van der Waals surface area contributed by atoms with Gasteiger partial charge in [-0.05, 0) is 61.9 Å². The van der Waals surface area contributed by atoms with E-state index in [0.717, 1.165) is 5.56 Å². The Hall–Kier alpha value is -2.53. The number of hydrogen-bond acceptors (Lipinski definition) is 4. The van der Waals surface area contributed by atoms with Gasteiger partial charge < -0.3 is 9.47 Å². The third-order valence-corrected chi connectivity index (χ3v) is 3.29. The van der Waals surface area contributed by atoms with Crippen molar-refractivity contribution in [2.45, 2.75) is 20.0 Å². The molecule has 0 saturated carbocycles. The first-order valence-corrected chi connectivity index (χ1v) is 7.81. The Balaban J connectivity index is 2.03. The number of nitrogens with zero attached hydrogens (tertiary/aromatic N) is 1. The largest absolute Gasteiger partial charge is 0.493 e. The molecule has 0 spiro atoms. The van der Waals surface area contributed by atoms with Crippen molar-refractivity contribution in [3.8, 4) is 11.5 Å². The molecule has 0 unspecified atom stereocenters. The highest BCUT2D eigenvalue weighted by atomic mass is 35.5. The summed E-state index contributed by atoms with van der Waals surface area (Å²) >= 11 is 5.79. The molecule has 5 nitrogen and oxygen atoms in total. The zero-order chi connectivity index (χ0) is 17.5. The molecule has 126 valence electrons. The van der Waals surface area contributed by atoms with Crippen LogP contribution in [0, 0.1) is 0 Å². The van der Waals surface area contributed by atoms with Gasteiger partial charge in [-0.25, -0.2) is 5.43 Å². The Labute approximate surface area is 146 Å². The molecule has 2 aromatic carbocycles. The van der Waals surface area contributed by atoms with Crippen LogP contribution in [0.5, 0.6) is 11.5 Å². The highest BCUT2D eigenvalue weighted by Crippen LogP contribution is 2.28. The lowest BCUT2D eigenvalue weighted by Crippen LogP contribution is -2.17. The molecule has 0 bridgehead atoms. The molecular formula is C18H19ClN2O3. The van der Waals surface area contributed by atoms with Crippen molar-refractivity contribution in [1.82, 2.24) is 5.43 Å². The maximum absolute atomic E-state index is 11.9. The van der Waals surface area contributed by atoms with Crippen LogP contribution in [0.1, 0.15) is 29.8 Å². The number of nitrogens with one attached hydrogen (secondary N) is 1. The number of carbonyl (C=O) groups excluding carboxylic acids is 1. The van der Waals surface area contributed by atoms with Gasteiger partial charge in [-0.1, -0.05) is 11.6 Å². The fourth-order valence-corrected chi connectivity index (χ4v) is 2.07. The van der Waals surface area contributed by atoms with Crippen molar-refractivity contribution in [3.05, 3.63) is 58.6 Å². The quantitative estimate of drug-likeness (QED) is 0.637. The lowest BCUT2D eigenvalue weighted by atomic mass is 10.2. The lowest BCUT2D eigenvalue weighted by molar-refractivity contribution is 0.0955. The zero-order valence-electron chi connectivity index (χ0n) is 13.7. The van der Waals surface area contributed by atoms with Gasteiger partial charge in [-0.15, -0.1) is 0 Å². The van der Waals surface area contributed by atoms with Crippen LogP contribution in [0.3, 0.4) is 0 Å². The first kappa shape index (κ1) is 17.8. The van der Waals surface area contributed by atoms with Gasteiger partial charge in [0, 0.05) is 10.6 Å². The summed E-state index contributed by atoms with van der Waals surface area (Å²) in [6.07, 6.45) is 1.59. The summed E-state index contributed by atoms with van der Waals surface area (Å²) in [7, 11) is 1.58. The number of hydrazone groups is 1. The molecule has 0 fully saturated rings. The van der Waals surface area contributed by atoms with Gasteiger partial charge in [0.25, 0.3) is 5.91 Å². The minimum Gasteiger partial charge on any atom is -0.493 e. The molecule has 24 heavy (non-hydrogen) atoms. The molecule has 0 aliphatic carbocycles. The second-order valence-corrected chi connectivity index (χ2v) is 5.72. The van der Waals surface area contributed by atoms with E-state index in [4.69, 9.17) is 21.1 Å². The van der Waals surface area contributed by atoms with Crippen molar-refractivity contribution >= 4 is 23.7 Å². The standard InChI is InChI=1S/C18H19ClN2O3/c1-12(2)24-16-9-4-13(10-17(16)23-3)11-20-21-18(22)14-5-7-15(19)8-6-14/h4-12H,1-3H3,(H,21,22)/b20-11-. The van der Waals surface area contributed by atoms with Crippen LogP contribution < -0.4 is 14.9 Å². The van der Waals surface area contributed by atoms with Gasteiger partial charge >= 0.3 is 0 Å². The van der Waals surface area contributed by atoms with Crippen LogP contribution in [0.4, 0.5) is 0 Å². The predicted octanol–water partition coefficient (Wildman–Crippen LogP) is 3.90. The highest BCUT2D eigenvalue weighted by molar-refractivity contribution is 6.30. The van der Waals surface area contributed by atoms with E-state index in [1.807, 2.05) is 19.9 Å². The van der Waals surface area contributed by atoms with E-state index in [-0.39, 0.29) is 12.0 Å².